The molecule has 52 valence electrons. The van der Waals surface area contributed by atoms with Crippen LogP contribution in [0.15, 0.2) is 0 Å². The van der Waals surface area contributed by atoms with E-state index >= 15 is 0 Å². The van der Waals surface area contributed by atoms with Crippen LogP contribution in [0, 0.1) is 0 Å². The normalized spacial score (nSPS) is 8.22. The summed E-state index contributed by atoms with van der Waals surface area (Å²) in [6.07, 6.45) is 0.463. The van der Waals surface area contributed by atoms with E-state index in [1.807, 2.05) is 0 Å². The highest BCUT2D eigenvalue weighted by molar-refractivity contribution is 5.84. The average Bonchev–Trinajstić information content (AvgIpc) is 1.87. The molecule has 0 fully saturated rings. The van der Waals surface area contributed by atoms with Gasteiger partial charge in [-0.3, -0.25) is 9.69 Å². The lowest BCUT2D eigenvalue weighted by molar-refractivity contribution is -0.114. The molecule has 0 aliphatic heterocycles. The maximum Gasteiger partial charge on any atom is 0.323 e. The van der Waals surface area contributed by atoms with Crippen LogP contribution < -0.4 is 5.32 Å². The maximum absolute atomic E-state index is 10.6. The van der Waals surface area contributed by atoms with Gasteiger partial charge in [0, 0.05) is 13.6 Å². The summed E-state index contributed by atoms with van der Waals surface area (Å²) in [5, 5.41) is 2.45. The van der Waals surface area contributed by atoms with Gasteiger partial charge in [0.1, 0.15) is 0 Å². The predicted octanol–water partition coefficient (Wildman–Crippen LogP) is -0.196. The first-order valence-electron chi connectivity index (χ1n) is 2.68. The smallest absolute Gasteiger partial charge is 0.323 e. The lowest BCUT2D eigenvalue weighted by Crippen LogP contribution is -2.35. The average molecular weight is 130 g/mol. The van der Waals surface area contributed by atoms with Gasteiger partial charge < -0.3 is 5.32 Å². The summed E-state index contributed by atoms with van der Waals surface area (Å²) in [6.45, 7) is 2.33. The molecule has 3 amide bonds. The minimum absolute atomic E-state index is 0.368. The third-order valence-corrected chi connectivity index (χ3v) is 0.806. The third-order valence-electron chi connectivity index (χ3n) is 0.806. The fourth-order valence-electron chi connectivity index (χ4n) is 0.324. The predicted molar refractivity (Wildman–Crippen MR) is 32.9 cm³/mol. The first-order chi connectivity index (χ1) is 4.22. The fourth-order valence-corrected chi connectivity index (χ4v) is 0.324. The molecule has 0 aromatic rings. The first kappa shape index (κ1) is 7.94. The second kappa shape index (κ2) is 3.88. The highest BCUT2D eigenvalue weighted by Crippen LogP contribution is 1.74. The SMILES string of the molecule is CCNC(=O)N(C)C=O. The Morgan fingerprint density at radius 1 is 1.78 bits per heavy atom. The van der Waals surface area contributed by atoms with Crippen molar-refractivity contribution in [1.82, 2.24) is 10.2 Å². The lowest BCUT2D eigenvalue weighted by atomic mass is 10.7. The monoisotopic (exact) mass is 130 g/mol. The van der Waals surface area contributed by atoms with Crippen LogP contribution in [0.5, 0.6) is 0 Å². The molecule has 4 nitrogen and oxygen atoms in total. The van der Waals surface area contributed by atoms with Crippen LogP contribution in [0.3, 0.4) is 0 Å². The Labute approximate surface area is 53.8 Å². The van der Waals surface area contributed by atoms with E-state index in [4.69, 9.17) is 0 Å². The molecule has 0 aliphatic carbocycles. The van der Waals surface area contributed by atoms with Gasteiger partial charge in [-0.25, -0.2) is 4.79 Å². The van der Waals surface area contributed by atoms with Crippen LogP contribution in [-0.2, 0) is 4.79 Å². The van der Waals surface area contributed by atoms with Crippen molar-refractivity contribution in [3.05, 3.63) is 0 Å². The highest BCUT2D eigenvalue weighted by atomic mass is 16.2. The Hall–Kier alpha value is -1.06. The number of nitrogens with one attached hydrogen (secondary N) is 1. The van der Waals surface area contributed by atoms with E-state index in [1.165, 1.54) is 7.05 Å². The van der Waals surface area contributed by atoms with Crippen molar-refractivity contribution in [3.8, 4) is 0 Å². The molecule has 9 heavy (non-hydrogen) atoms. The van der Waals surface area contributed by atoms with Gasteiger partial charge in [0.25, 0.3) is 0 Å². The van der Waals surface area contributed by atoms with Gasteiger partial charge in [-0.05, 0) is 6.92 Å². The number of imide groups is 1. The van der Waals surface area contributed by atoms with E-state index in [1.54, 1.807) is 6.92 Å². The Morgan fingerprint density at radius 3 is 2.67 bits per heavy atom. The molecule has 0 aliphatic rings. The Morgan fingerprint density at radius 2 is 2.33 bits per heavy atom. The number of hydrogen-bond acceptors (Lipinski definition) is 2. The lowest BCUT2D eigenvalue weighted by Gasteiger charge is -2.07. The second-order valence-corrected chi connectivity index (χ2v) is 1.55. The summed E-state index contributed by atoms with van der Waals surface area (Å²) in [7, 11) is 1.40. The van der Waals surface area contributed by atoms with E-state index < -0.39 is 0 Å². The molecule has 0 heterocycles. The summed E-state index contributed by atoms with van der Waals surface area (Å²) in [4.78, 5) is 21.4. The summed E-state index contributed by atoms with van der Waals surface area (Å²) in [5.41, 5.74) is 0. The van der Waals surface area contributed by atoms with Crippen molar-refractivity contribution in [2.45, 2.75) is 6.92 Å². The largest absolute Gasteiger partial charge is 0.338 e. The van der Waals surface area contributed by atoms with Crippen LogP contribution >= 0.6 is 0 Å². The molecule has 4 heteroatoms. The van der Waals surface area contributed by atoms with Crippen LogP contribution in [0.4, 0.5) is 4.79 Å². The molecule has 0 spiro atoms. The van der Waals surface area contributed by atoms with Crippen molar-refractivity contribution in [1.29, 1.82) is 0 Å². The standard InChI is InChI=1S/C5H10N2O2/c1-3-6-5(9)7(2)4-8/h4H,3H2,1-2H3,(H,6,9). The Bertz CT molecular complexity index is 114. The van der Waals surface area contributed by atoms with Crippen molar-refractivity contribution in [2.24, 2.45) is 0 Å². The molecule has 0 aromatic carbocycles. The van der Waals surface area contributed by atoms with Gasteiger partial charge in [0.05, 0.1) is 0 Å². The van der Waals surface area contributed by atoms with Crippen molar-refractivity contribution < 1.29 is 9.59 Å². The van der Waals surface area contributed by atoms with E-state index in [9.17, 15) is 9.59 Å². The molecule has 0 bridgehead atoms. The van der Waals surface area contributed by atoms with E-state index in [-0.39, 0.29) is 6.03 Å². The molecule has 0 rings (SSSR count). The number of carbonyl (C=O) groups is 2. The van der Waals surface area contributed by atoms with Gasteiger partial charge in [-0.15, -0.1) is 0 Å². The summed E-state index contributed by atoms with van der Waals surface area (Å²) >= 11 is 0. The molecule has 0 aromatic heterocycles. The zero-order valence-corrected chi connectivity index (χ0v) is 5.55. The zero-order chi connectivity index (χ0) is 7.28. The first-order valence-corrected chi connectivity index (χ1v) is 2.68. The molecule has 0 radical (unpaired) electrons. The number of amides is 3. The van der Waals surface area contributed by atoms with E-state index in [0.29, 0.717) is 13.0 Å². The topological polar surface area (TPSA) is 49.4 Å². The van der Waals surface area contributed by atoms with Crippen LogP contribution in [0.1, 0.15) is 6.92 Å². The van der Waals surface area contributed by atoms with E-state index in [2.05, 4.69) is 5.32 Å². The summed E-state index contributed by atoms with van der Waals surface area (Å²) in [6, 6.07) is -0.368. The Balaban J connectivity index is 3.58. The van der Waals surface area contributed by atoms with Crippen molar-refractivity contribution in [3.63, 3.8) is 0 Å². The highest BCUT2D eigenvalue weighted by Gasteiger charge is 2.01. The van der Waals surface area contributed by atoms with Gasteiger partial charge in [0.15, 0.2) is 0 Å². The van der Waals surface area contributed by atoms with Gasteiger partial charge in [-0.2, -0.15) is 0 Å². The minimum Gasteiger partial charge on any atom is -0.338 e. The number of nitrogens with zero attached hydrogens (tertiary/aromatic N) is 1. The van der Waals surface area contributed by atoms with Gasteiger partial charge >= 0.3 is 6.03 Å². The fraction of sp³-hybridized carbons (Fsp3) is 0.600. The maximum atomic E-state index is 10.6. The van der Waals surface area contributed by atoms with E-state index in [0.717, 1.165) is 4.90 Å². The van der Waals surface area contributed by atoms with Crippen LogP contribution in [-0.4, -0.2) is 30.9 Å². The molecule has 0 saturated carbocycles. The van der Waals surface area contributed by atoms with Gasteiger partial charge in [-0.1, -0.05) is 0 Å². The quantitative estimate of drug-likeness (QED) is 0.526. The minimum atomic E-state index is -0.368. The second-order valence-electron chi connectivity index (χ2n) is 1.55. The number of urea groups is 1. The van der Waals surface area contributed by atoms with Crippen LogP contribution in [0.25, 0.3) is 0 Å². The van der Waals surface area contributed by atoms with Crippen LogP contribution in [0.2, 0.25) is 0 Å². The molecular formula is C5H10N2O2. The van der Waals surface area contributed by atoms with Crippen molar-refractivity contribution in [2.75, 3.05) is 13.6 Å². The van der Waals surface area contributed by atoms with Gasteiger partial charge in [0.2, 0.25) is 6.41 Å². The molecule has 1 N–H and O–H groups in total. The number of hydrogen-bond donors (Lipinski definition) is 1. The summed E-state index contributed by atoms with van der Waals surface area (Å²) in [5.74, 6) is 0. The van der Waals surface area contributed by atoms with Crippen molar-refractivity contribution >= 4 is 12.4 Å². The zero-order valence-electron chi connectivity index (χ0n) is 5.55. The molecule has 0 unspecified atom stereocenters. The molecule has 0 saturated heterocycles. The molecular weight excluding hydrogens is 120 g/mol. The Kier molecular flexibility index (Phi) is 3.43. The summed E-state index contributed by atoms with van der Waals surface area (Å²) < 4.78 is 0. The number of rotatable bonds is 2. The number of carbonyl (C=O) groups excluding carboxylic acids is 2. The molecule has 0 atom stereocenters. The third kappa shape index (κ3) is 2.69.